The van der Waals surface area contributed by atoms with Crippen LogP contribution in [0.3, 0.4) is 0 Å². The Morgan fingerprint density at radius 1 is 1.38 bits per heavy atom. The highest BCUT2D eigenvalue weighted by molar-refractivity contribution is 8.14. The lowest BCUT2D eigenvalue weighted by molar-refractivity contribution is -0.115. The first-order valence-corrected chi connectivity index (χ1v) is 8.40. The van der Waals surface area contributed by atoms with Gasteiger partial charge in [-0.3, -0.25) is 9.79 Å². The summed E-state index contributed by atoms with van der Waals surface area (Å²) in [5, 5.41) is 7.01. The number of amides is 1. The molecule has 1 heterocycles. The smallest absolute Gasteiger partial charge is 0.237 e. The van der Waals surface area contributed by atoms with E-state index in [1.54, 1.807) is 0 Å². The monoisotopic (exact) mass is 305 g/mol. The third-order valence-corrected chi connectivity index (χ3v) is 4.61. The molecule has 0 aliphatic carbocycles. The van der Waals surface area contributed by atoms with Crippen molar-refractivity contribution in [1.29, 1.82) is 0 Å². The minimum Gasteiger partial charge on any atom is -0.363 e. The number of benzene rings is 1. The number of rotatable bonds is 5. The number of aliphatic imine (C=N–C) groups is 1. The van der Waals surface area contributed by atoms with Crippen LogP contribution in [0.5, 0.6) is 0 Å². The fraction of sp³-hybridized carbons (Fsp3) is 0.500. The van der Waals surface area contributed by atoms with Gasteiger partial charge in [-0.2, -0.15) is 0 Å². The van der Waals surface area contributed by atoms with Crippen molar-refractivity contribution in [1.82, 2.24) is 5.32 Å². The van der Waals surface area contributed by atoms with E-state index in [1.165, 1.54) is 22.9 Å². The standard InChI is InChI=1S/C16H23N3OS/c1-4-12-7-6-8-13(5-2)14(12)19-15(20)11(3)21-16-17-9-10-18-16/h6-8,11H,4-5,9-10H2,1-3H3,(H,17,18)(H,19,20)/t11-/m0/s1. The van der Waals surface area contributed by atoms with Gasteiger partial charge in [-0.25, -0.2) is 0 Å². The second-order valence-electron chi connectivity index (χ2n) is 5.02. The lowest BCUT2D eigenvalue weighted by Crippen LogP contribution is -2.27. The second-order valence-corrected chi connectivity index (χ2v) is 6.35. The number of nitrogens with one attached hydrogen (secondary N) is 2. The van der Waals surface area contributed by atoms with Crippen molar-refractivity contribution in [2.45, 2.75) is 38.9 Å². The highest BCUT2D eigenvalue weighted by Gasteiger charge is 2.19. The topological polar surface area (TPSA) is 53.5 Å². The van der Waals surface area contributed by atoms with Crippen molar-refractivity contribution in [3.63, 3.8) is 0 Å². The van der Waals surface area contributed by atoms with Gasteiger partial charge in [0.15, 0.2) is 5.17 Å². The van der Waals surface area contributed by atoms with Crippen LogP contribution in [0.2, 0.25) is 0 Å². The lowest BCUT2D eigenvalue weighted by Gasteiger charge is -2.17. The number of aryl methyl sites for hydroxylation is 2. The van der Waals surface area contributed by atoms with E-state index in [1.807, 2.05) is 6.92 Å². The van der Waals surface area contributed by atoms with Gasteiger partial charge < -0.3 is 10.6 Å². The molecule has 1 aliphatic heterocycles. The van der Waals surface area contributed by atoms with E-state index in [-0.39, 0.29) is 11.2 Å². The van der Waals surface area contributed by atoms with E-state index in [9.17, 15) is 4.79 Å². The zero-order chi connectivity index (χ0) is 15.2. The first-order valence-electron chi connectivity index (χ1n) is 7.52. The summed E-state index contributed by atoms with van der Waals surface area (Å²) in [5.41, 5.74) is 3.37. The molecule has 1 amide bonds. The molecule has 1 aliphatic rings. The van der Waals surface area contributed by atoms with Crippen LogP contribution in [0.15, 0.2) is 23.2 Å². The van der Waals surface area contributed by atoms with Crippen LogP contribution < -0.4 is 10.6 Å². The number of nitrogens with zero attached hydrogens (tertiary/aromatic N) is 1. The number of thioether (sulfide) groups is 1. The van der Waals surface area contributed by atoms with Crippen LogP contribution in [0, 0.1) is 0 Å². The summed E-state index contributed by atoms with van der Waals surface area (Å²) in [5.74, 6) is 0.0343. The zero-order valence-electron chi connectivity index (χ0n) is 12.9. The Hall–Kier alpha value is -1.49. The highest BCUT2D eigenvalue weighted by atomic mass is 32.2. The predicted molar refractivity (Wildman–Crippen MR) is 91.2 cm³/mol. The number of para-hydroxylation sites is 1. The first-order chi connectivity index (χ1) is 10.2. The maximum atomic E-state index is 12.4. The number of carbonyl (C=O) groups excluding carboxylic acids is 1. The Bertz CT molecular complexity index is 520. The molecule has 0 saturated carbocycles. The van der Waals surface area contributed by atoms with Gasteiger partial charge in [0.25, 0.3) is 0 Å². The van der Waals surface area contributed by atoms with Gasteiger partial charge >= 0.3 is 0 Å². The minimum atomic E-state index is -0.163. The molecule has 0 radical (unpaired) electrons. The summed E-state index contributed by atoms with van der Waals surface area (Å²) in [6, 6.07) is 6.22. The Balaban J connectivity index is 2.07. The van der Waals surface area contributed by atoms with Crippen molar-refractivity contribution in [2.75, 3.05) is 18.4 Å². The molecule has 4 nitrogen and oxygen atoms in total. The number of hydrogen-bond acceptors (Lipinski definition) is 4. The van der Waals surface area contributed by atoms with Crippen LogP contribution in [-0.2, 0) is 17.6 Å². The number of anilines is 1. The quantitative estimate of drug-likeness (QED) is 0.879. The summed E-state index contributed by atoms with van der Waals surface area (Å²) in [4.78, 5) is 16.7. The van der Waals surface area contributed by atoms with Crippen LogP contribution >= 0.6 is 11.8 Å². The molecule has 0 unspecified atom stereocenters. The summed E-state index contributed by atoms with van der Waals surface area (Å²) in [6.45, 7) is 7.81. The molecule has 2 N–H and O–H groups in total. The largest absolute Gasteiger partial charge is 0.363 e. The average molecular weight is 305 g/mol. The maximum Gasteiger partial charge on any atom is 0.237 e. The van der Waals surface area contributed by atoms with Crippen molar-refractivity contribution >= 4 is 28.5 Å². The predicted octanol–water partition coefficient (Wildman–Crippen LogP) is 2.83. The summed E-state index contributed by atoms with van der Waals surface area (Å²) in [7, 11) is 0. The van der Waals surface area contributed by atoms with Gasteiger partial charge in [0.05, 0.1) is 11.8 Å². The number of hydrogen-bond donors (Lipinski definition) is 2. The fourth-order valence-corrected chi connectivity index (χ4v) is 3.16. The molecule has 1 aromatic rings. The van der Waals surface area contributed by atoms with Crippen LogP contribution in [0.4, 0.5) is 5.69 Å². The molecule has 0 aromatic heterocycles. The molecule has 21 heavy (non-hydrogen) atoms. The summed E-state index contributed by atoms with van der Waals surface area (Å²) < 4.78 is 0. The normalized spacial score (nSPS) is 15.3. The van der Waals surface area contributed by atoms with E-state index >= 15 is 0 Å². The molecule has 1 atom stereocenters. The third kappa shape index (κ3) is 4.00. The van der Waals surface area contributed by atoms with Crippen LogP contribution in [0.25, 0.3) is 0 Å². The van der Waals surface area contributed by atoms with Crippen molar-refractivity contribution in [3.8, 4) is 0 Å². The van der Waals surface area contributed by atoms with Crippen molar-refractivity contribution < 1.29 is 4.79 Å². The van der Waals surface area contributed by atoms with E-state index in [2.05, 4.69) is 47.7 Å². The lowest BCUT2D eigenvalue weighted by atomic mass is 10.0. The molecular weight excluding hydrogens is 282 g/mol. The molecule has 114 valence electrons. The molecule has 1 aromatic carbocycles. The van der Waals surface area contributed by atoms with Gasteiger partial charge in [-0.1, -0.05) is 43.8 Å². The van der Waals surface area contributed by atoms with Crippen molar-refractivity contribution in [2.24, 2.45) is 4.99 Å². The average Bonchev–Trinajstić information content (AvgIpc) is 3.00. The number of amidine groups is 1. The van der Waals surface area contributed by atoms with E-state index in [0.29, 0.717) is 0 Å². The van der Waals surface area contributed by atoms with Gasteiger partial charge in [0, 0.05) is 12.2 Å². The Kier molecular flexibility index (Phi) is 5.67. The van der Waals surface area contributed by atoms with Crippen LogP contribution in [-0.4, -0.2) is 29.4 Å². The molecule has 0 spiro atoms. The van der Waals surface area contributed by atoms with E-state index in [4.69, 9.17) is 0 Å². The van der Waals surface area contributed by atoms with Gasteiger partial charge in [-0.05, 0) is 30.9 Å². The third-order valence-electron chi connectivity index (χ3n) is 3.55. The zero-order valence-corrected chi connectivity index (χ0v) is 13.7. The summed E-state index contributed by atoms with van der Waals surface area (Å²) >= 11 is 1.49. The molecule has 0 saturated heterocycles. The van der Waals surface area contributed by atoms with Gasteiger partial charge in [-0.15, -0.1) is 0 Å². The fourth-order valence-electron chi connectivity index (χ4n) is 2.30. The number of carbonyl (C=O) groups is 1. The Morgan fingerprint density at radius 2 is 2.05 bits per heavy atom. The molecule has 5 heteroatoms. The van der Waals surface area contributed by atoms with Gasteiger partial charge in [0.1, 0.15) is 0 Å². The molecule has 0 fully saturated rings. The summed E-state index contributed by atoms with van der Waals surface area (Å²) in [6.07, 6.45) is 1.83. The Labute approximate surface area is 130 Å². The minimum absolute atomic E-state index is 0.0343. The van der Waals surface area contributed by atoms with Crippen molar-refractivity contribution in [3.05, 3.63) is 29.3 Å². The molecule has 2 rings (SSSR count). The molecular formula is C16H23N3OS. The highest BCUT2D eigenvalue weighted by Crippen LogP contribution is 2.24. The molecule has 0 bridgehead atoms. The van der Waals surface area contributed by atoms with E-state index < -0.39 is 0 Å². The van der Waals surface area contributed by atoms with Crippen LogP contribution in [0.1, 0.15) is 31.9 Å². The first kappa shape index (κ1) is 15.9. The van der Waals surface area contributed by atoms with Gasteiger partial charge in [0.2, 0.25) is 5.91 Å². The second kappa shape index (κ2) is 7.50. The SMILES string of the molecule is CCc1cccc(CC)c1NC(=O)[C@H](C)SC1=NCCN1. The maximum absolute atomic E-state index is 12.4. The Morgan fingerprint density at radius 3 is 2.57 bits per heavy atom. The van der Waals surface area contributed by atoms with E-state index in [0.717, 1.165) is 36.8 Å².